The molecule has 14 heavy (non-hydrogen) atoms. The zero-order chi connectivity index (χ0) is 10.0. The Balaban J connectivity index is 0.00000169. The van der Waals surface area contributed by atoms with E-state index < -0.39 is 0 Å². The summed E-state index contributed by atoms with van der Waals surface area (Å²) in [4.78, 5) is 0. The van der Waals surface area contributed by atoms with Crippen LogP contribution in [0.3, 0.4) is 0 Å². The topological polar surface area (TPSA) is 46.2 Å². The highest BCUT2D eigenvalue weighted by Gasteiger charge is 2.10. The molecule has 0 aromatic heterocycles. The van der Waals surface area contributed by atoms with Crippen LogP contribution in [0.25, 0.3) is 0 Å². The molecule has 0 spiro atoms. The summed E-state index contributed by atoms with van der Waals surface area (Å²) in [6, 6.07) is 3.61. The van der Waals surface area contributed by atoms with Gasteiger partial charge in [-0.25, -0.2) is 0 Å². The average Bonchev–Trinajstić information content (AvgIpc) is 2.02. The minimum atomic E-state index is 0. The van der Waals surface area contributed by atoms with Crippen LogP contribution >= 0.6 is 12.4 Å². The van der Waals surface area contributed by atoms with Gasteiger partial charge in [0.05, 0.1) is 0 Å². The molecule has 0 heterocycles. The van der Waals surface area contributed by atoms with Gasteiger partial charge < -0.3 is 10.8 Å². The SMILES string of the molecule is CC[C@@H](N)c1c(C)cc(O)cc1C.Cl. The third-order valence-corrected chi connectivity index (χ3v) is 2.39. The van der Waals surface area contributed by atoms with Crippen LogP contribution in [0.2, 0.25) is 0 Å². The Kier molecular flexibility index (Phi) is 4.95. The molecule has 0 unspecified atom stereocenters. The molecule has 3 heteroatoms. The van der Waals surface area contributed by atoms with E-state index in [1.807, 2.05) is 13.8 Å². The fourth-order valence-corrected chi connectivity index (χ4v) is 1.74. The Morgan fingerprint density at radius 2 is 1.71 bits per heavy atom. The standard InChI is InChI=1S/C11H17NO.ClH/c1-4-10(12)11-7(2)5-9(13)6-8(11)3;/h5-6,10,13H,4,12H2,1-3H3;1H/t10-;/m1./s1. The molecule has 1 atom stereocenters. The molecular formula is C11H18ClNO. The van der Waals surface area contributed by atoms with Crippen molar-refractivity contribution in [1.82, 2.24) is 0 Å². The second kappa shape index (κ2) is 5.23. The fraction of sp³-hybridized carbons (Fsp3) is 0.455. The molecular weight excluding hydrogens is 198 g/mol. The van der Waals surface area contributed by atoms with Gasteiger partial charge in [0, 0.05) is 6.04 Å². The highest BCUT2D eigenvalue weighted by Crippen LogP contribution is 2.26. The second-order valence-corrected chi connectivity index (χ2v) is 3.51. The van der Waals surface area contributed by atoms with Gasteiger partial charge in [-0.1, -0.05) is 6.92 Å². The predicted octanol–water partition coefficient (Wildman–Crippen LogP) is 2.84. The number of halogens is 1. The second-order valence-electron chi connectivity index (χ2n) is 3.51. The maximum absolute atomic E-state index is 9.33. The summed E-state index contributed by atoms with van der Waals surface area (Å²) in [5.41, 5.74) is 9.28. The third kappa shape index (κ3) is 2.63. The Bertz CT molecular complexity index is 289. The zero-order valence-electron chi connectivity index (χ0n) is 8.87. The van der Waals surface area contributed by atoms with E-state index in [9.17, 15) is 5.11 Å². The number of nitrogens with two attached hydrogens (primary N) is 1. The van der Waals surface area contributed by atoms with Crippen molar-refractivity contribution in [1.29, 1.82) is 0 Å². The monoisotopic (exact) mass is 215 g/mol. The van der Waals surface area contributed by atoms with Crippen molar-refractivity contribution >= 4 is 12.4 Å². The fourth-order valence-electron chi connectivity index (χ4n) is 1.74. The molecule has 80 valence electrons. The van der Waals surface area contributed by atoms with E-state index in [4.69, 9.17) is 5.73 Å². The van der Waals surface area contributed by atoms with Gasteiger partial charge in [0.15, 0.2) is 0 Å². The molecule has 0 aliphatic heterocycles. The Morgan fingerprint density at radius 1 is 1.29 bits per heavy atom. The first kappa shape index (κ1) is 13.3. The molecule has 0 bridgehead atoms. The molecule has 3 N–H and O–H groups in total. The summed E-state index contributed by atoms with van der Waals surface area (Å²) in [6.45, 7) is 6.03. The highest BCUT2D eigenvalue weighted by atomic mass is 35.5. The van der Waals surface area contributed by atoms with Gasteiger partial charge >= 0.3 is 0 Å². The van der Waals surface area contributed by atoms with E-state index in [1.54, 1.807) is 12.1 Å². The Hall–Kier alpha value is -0.730. The van der Waals surface area contributed by atoms with E-state index in [0.29, 0.717) is 5.75 Å². The van der Waals surface area contributed by atoms with Crippen molar-refractivity contribution < 1.29 is 5.11 Å². The molecule has 0 radical (unpaired) electrons. The van der Waals surface area contributed by atoms with E-state index in [-0.39, 0.29) is 18.4 Å². The smallest absolute Gasteiger partial charge is 0.116 e. The summed E-state index contributed by atoms with van der Waals surface area (Å²) in [5, 5.41) is 9.33. The third-order valence-electron chi connectivity index (χ3n) is 2.39. The predicted molar refractivity (Wildman–Crippen MR) is 62.0 cm³/mol. The molecule has 1 rings (SSSR count). The number of phenolic OH excluding ortho intramolecular Hbond substituents is 1. The van der Waals surface area contributed by atoms with Gasteiger partial charge in [0.2, 0.25) is 0 Å². The van der Waals surface area contributed by atoms with E-state index >= 15 is 0 Å². The van der Waals surface area contributed by atoms with Crippen LogP contribution in [-0.4, -0.2) is 5.11 Å². The van der Waals surface area contributed by atoms with Crippen molar-refractivity contribution in [3.05, 3.63) is 28.8 Å². The number of aryl methyl sites for hydroxylation is 2. The lowest BCUT2D eigenvalue weighted by Crippen LogP contribution is -2.11. The van der Waals surface area contributed by atoms with Crippen molar-refractivity contribution in [2.24, 2.45) is 5.73 Å². The molecule has 0 saturated carbocycles. The normalized spacial score (nSPS) is 12.0. The number of phenols is 1. The summed E-state index contributed by atoms with van der Waals surface area (Å²) < 4.78 is 0. The minimum Gasteiger partial charge on any atom is -0.508 e. The molecule has 1 aromatic carbocycles. The Labute approximate surface area is 91.5 Å². The number of hydrogen-bond donors (Lipinski definition) is 2. The lowest BCUT2D eigenvalue weighted by atomic mass is 9.95. The first-order valence-corrected chi connectivity index (χ1v) is 4.62. The van der Waals surface area contributed by atoms with E-state index in [0.717, 1.165) is 17.5 Å². The molecule has 0 aliphatic carbocycles. The minimum absolute atomic E-state index is 0. The van der Waals surface area contributed by atoms with Crippen LogP contribution in [-0.2, 0) is 0 Å². The maximum Gasteiger partial charge on any atom is 0.116 e. The molecule has 1 aromatic rings. The van der Waals surface area contributed by atoms with Crippen LogP contribution < -0.4 is 5.73 Å². The molecule has 0 saturated heterocycles. The van der Waals surface area contributed by atoms with Crippen LogP contribution in [0.5, 0.6) is 5.75 Å². The largest absolute Gasteiger partial charge is 0.508 e. The lowest BCUT2D eigenvalue weighted by Gasteiger charge is -2.16. The van der Waals surface area contributed by atoms with Crippen LogP contribution in [0.15, 0.2) is 12.1 Å². The van der Waals surface area contributed by atoms with Crippen molar-refractivity contribution in [2.75, 3.05) is 0 Å². The van der Waals surface area contributed by atoms with Gasteiger partial charge in [-0.05, 0) is 49.1 Å². The van der Waals surface area contributed by atoms with Crippen LogP contribution in [0, 0.1) is 13.8 Å². The van der Waals surface area contributed by atoms with Gasteiger partial charge in [0.1, 0.15) is 5.75 Å². The first-order chi connectivity index (χ1) is 6.06. The van der Waals surface area contributed by atoms with Crippen molar-refractivity contribution in [2.45, 2.75) is 33.2 Å². The van der Waals surface area contributed by atoms with E-state index in [2.05, 4.69) is 6.92 Å². The molecule has 2 nitrogen and oxygen atoms in total. The number of rotatable bonds is 2. The van der Waals surface area contributed by atoms with Gasteiger partial charge in [-0.15, -0.1) is 12.4 Å². The number of aromatic hydroxyl groups is 1. The van der Waals surface area contributed by atoms with Crippen LogP contribution in [0.1, 0.15) is 36.1 Å². The summed E-state index contributed by atoms with van der Waals surface area (Å²) in [6.07, 6.45) is 0.923. The van der Waals surface area contributed by atoms with Gasteiger partial charge in [-0.3, -0.25) is 0 Å². The molecule has 0 fully saturated rings. The maximum atomic E-state index is 9.33. The Morgan fingerprint density at radius 3 is 2.07 bits per heavy atom. The van der Waals surface area contributed by atoms with E-state index in [1.165, 1.54) is 5.56 Å². The van der Waals surface area contributed by atoms with Gasteiger partial charge in [0.25, 0.3) is 0 Å². The zero-order valence-corrected chi connectivity index (χ0v) is 9.69. The van der Waals surface area contributed by atoms with Crippen molar-refractivity contribution in [3.8, 4) is 5.75 Å². The molecule has 0 amide bonds. The quantitative estimate of drug-likeness (QED) is 0.797. The number of benzene rings is 1. The summed E-state index contributed by atoms with van der Waals surface area (Å²) >= 11 is 0. The van der Waals surface area contributed by atoms with Crippen LogP contribution in [0.4, 0.5) is 0 Å². The summed E-state index contributed by atoms with van der Waals surface area (Å²) in [5.74, 6) is 0.321. The highest BCUT2D eigenvalue weighted by molar-refractivity contribution is 5.85. The lowest BCUT2D eigenvalue weighted by molar-refractivity contribution is 0.473. The summed E-state index contributed by atoms with van der Waals surface area (Å²) in [7, 11) is 0. The molecule has 0 aliphatic rings. The van der Waals surface area contributed by atoms with Crippen molar-refractivity contribution in [3.63, 3.8) is 0 Å². The van der Waals surface area contributed by atoms with Gasteiger partial charge in [-0.2, -0.15) is 0 Å². The average molecular weight is 216 g/mol. The first-order valence-electron chi connectivity index (χ1n) is 4.62. The number of hydrogen-bond acceptors (Lipinski definition) is 2.